The summed E-state index contributed by atoms with van der Waals surface area (Å²) in [5, 5.41) is 1.15. The number of aromatic nitrogens is 1. The first kappa shape index (κ1) is 21.0. The third-order valence-corrected chi connectivity index (χ3v) is 6.70. The highest BCUT2D eigenvalue weighted by atomic mass is 79.9. The fourth-order valence-electron chi connectivity index (χ4n) is 4.78. The summed E-state index contributed by atoms with van der Waals surface area (Å²) in [6.07, 6.45) is 11.3. The van der Waals surface area contributed by atoms with Crippen LogP contribution in [0.3, 0.4) is 0 Å². The van der Waals surface area contributed by atoms with E-state index in [0.717, 1.165) is 41.1 Å². The Kier molecular flexibility index (Phi) is 6.92. The molecule has 1 aromatic carbocycles. The zero-order chi connectivity index (χ0) is 20.1. The van der Waals surface area contributed by atoms with E-state index in [9.17, 15) is 9.59 Å². The van der Waals surface area contributed by atoms with Crippen LogP contribution >= 0.6 is 15.9 Å². The van der Waals surface area contributed by atoms with E-state index >= 15 is 0 Å². The highest BCUT2D eigenvalue weighted by molar-refractivity contribution is 9.10. The van der Waals surface area contributed by atoms with E-state index < -0.39 is 0 Å². The molecule has 1 saturated carbocycles. The van der Waals surface area contributed by atoms with Crippen molar-refractivity contribution >= 4 is 38.4 Å². The van der Waals surface area contributed by atoms with Gasteiger partial charge >= 0.3 is 0 Å². The maximum Gasteiger partial charge on any atom is 0.155 e. The molecule has 28 heavy (non-hydrogen) atoms. The van der Waals surface area contributed by atoms with Crippen molar-refractivity contribution in [2.75, 3.05) is 0 Å². The minimum Gasteiger partial charge on any atom is -0.340 e. The molecule has 1 heterocycles. The maximum absolute atomic E-state index is 12.5. The second-order valence-electron chi connectivity index (χ2n) is 8.69. The van der Waals surface area contributed by atoms with Gasteiger partial charge in [-0.3, -0.25) is 9.59 Å². The monoisotopic (exact) mass is 443 g/mol. The van der Waals surface area contributed by atoms with Gasteiger partial charge in [0.1, 0.15) is 0 Å². The number of rotatable bonds is 9. The summed E-state index contributed by atoms with van der Waals surface area (Å²) in [7, 11) is 0. The standard InChI is InChI=1S/C24H30BrNO2/c1-3-21(27)14-18-6-4-11-24(2,16-18)12-5-7-22(28)17-26-13-10-19-15-20(25)8-9-23(19)26/h3,8-10,13,15,18H,1,4-7,11-12,14,16-17H2,2H3. The fraction of sp³-hybridized carbons (Fsp3) is 0.500. The van der Waals surface area contributed by atoms with Crippen molar-refractivity contribution in [2.24, 2.45) is 11.3 Å². The zero-order valence-electron chi connectivity index (χ0n) is 16.8. The molecule has 4 heteroatoms. The summed E-state index contributed by atoms with van der Waals surface area (Å²) in [6, 6.07) is 8.20. The predicted molar refractivity (Wildman–Crippen MR) is 118 cm³/mol. The molecule has 0 amide bonds. The molecule has 3 rings (SSSR count). The van der Waals surface area contributed by atoms with Crippen LogP contribution in [-0.4, -0.2) is 16.1 Å². The third kappa shape index (κ3) is 5.44. The largest absolute Gasteiger partial charge is 0.340 e. The molecule has 0 bridgehead atoms. The Bertz CT molecular complexity index is 869. The molecular formula is C24H30BrNO2. The first-order valence-corrected chi connectivity index (χ1v) is 11.1. The molecule has 2 unspecified atom stereocenters. The van der Waals surface area contributed by atoms with E-state index in [2.05, 4.69) is 47.6 Å². The number of halogens is 1. The van der Waals surface area contributed by atoms with Gasteiger partial charge in [0, 0.05) is 34.4 Å². The van der Waals surface area contributed by atoms with E-state index in [1.54, 1.807) is 0 Å². The molecule has 0 spiro atoms. The number of Topliss-reactive ketones (excluding diaryl/α,β-unsaturated/α-hetero) is 1. The molecule has 0 saturated heterocycles. The number of fused-ring (bicyclic) bond motifs is 1. The molecule has 1 aliphatic carbocycles. The average Bonchev–Trinajstić information content (AvgIpc) is 3.03. The number of carbonyl (C=O) groups is 2. The van der Waals surface area contributed by atoms with Gasteiger partial charge in [0.15, 0.2) is 11.6 Å². The van der Waals surface area contributed by atoms with Crippen molar-refractivity contribution in [1.82, 2.24) is 4.57 Å². The highest BCUT2D eigenvalue weighted by Crippen LogP contribution is 2.44. The van der Waals surface area contributed by atoms with Crippen LogP contribution in [0.5, 0.6) is 0 Å². The second kappa shape index (κ2) is 9.21. The lowest BCUT2D eigenvalue weighted by Crippen LogP contribution is -2.27. The summed E-state index contributed by atoms with van der Waals surface area (Å²) in [4.78, 5) is 24.2. The smallest absolute Gasteiger partial charge is 0.155 e. The topological polar surface area (TPSA) is 39.1 Å². The normalized spacial score (nSPS) is 22.3. The number of hydrogen-bond donors (Lipinski definition) is 0. The van der Waals surface area contributed by atoms with Crippen LogP contribution in [-0.2, 0) is 16.1 Å². The fourth-order valence-corrected chi connectivity index (χ4v) is 5.16. The SMILES string of the molecule is C=CC(=O)CC1CCCC(C)(CCCC(=O)Cn2ccc3cc(Br)ccc32)C1. The van der Waals surface area contributed by atoms with Crippen LogP contribution in [0.2, 0.25) is 0 Å². The minimum atomic E-state index is 0.162. The molecular weight excluding hydrogens is 414 g/mol. The van der Waals surface area contributed by atoms with E-state index in [0.29, 0.717) is 31.1 Å². The lowest BCUT2D eigenvalue weighted by Gasteiger charge is -2.38. The van der Waals surface area contributed by atoms with Gasteiger partial charge in [-0.1, -0.05) is 35.9 Å². The third-order valence-electron chi connectivity index (χ3n) is 6.21. The van der Waals surface area contributed by atoms with Gasteiger partial charge < -0.3 is 4.57 Å². The second-order valence-corrected chi connectivity index (χ2v) is 9.60. The van der Waals surface area contributed by atoms with Crippen molar-refractivity contribution in [3.63, 3.8) is 0 Å². The van der Waals surface area contributed by atoms with E-state index in [-0.39, 0.29) is 11.2 Å². The van der Waals surface area contributed by atoms with Gasteiger partial charge in [-0.15, -0.1) is 0 Å². The molecule has 0 aliphatic heterocycles. The van der Waals surface area contributed by atoms with Gasteiger partial charge in [-0.2, -0.15) is 0 Å². The summed E-state index contributed by atoms with van der Waals surface area (Å²) in [6.45, 7) is 6.37. The Morgan fingerprint density at radius 3 is 2.96 bits per heavy atom. The van der Waals surface area contributed by atoms with Crippen LogP contribution in [0.25, 0.3) is 10.9 Å². The molecule has 150 valence electrons. The Balaban J connectivity index is 1.49. The number of allylic oxidation sites excluding steroid dienone is 1. The molecule has 2 aromatic rings. The quantitative estimate of drug-likeness (QED) is 0.415. The molecule has 0 N–H and O–H groups in total. The first-order valence-electron chi connectivity index (χ1n) is 10.3. The number of benzene rings is 1. The summed E-state index contributed by atoms with van der Waals surface area (Å²) in [5.41, 5.74) is 1.36. The molecule has 2 atom stereocenters. The number of nitrogens with zero attached hydrogens (tertiary/aromatic N) is 1. The zero-order valence-corrected chi connectivity index (χ0v) is 18.3. The Hall–Kier alpha value is -1.68. The van der Waals surface area contributed by atoms with E-state index in [1.165, 1.54) is 18.9 Å². The predicted octanol–water partition coefficient (Wildman–Crippen LogP) is 6.48. The molecule has 3 nitrogen and oxygen atoms in total. The van der Waals surface area contributed by atoms with Crippen molar-refractivity contribution in [2.45, 2.75) is 64.8 Å². The Labute approximate surface area is 176 Å². The molecule has 1 aliphatic rings. The van der Waals surface area contributed by atoms with E-state index in [1.807, 2.05) is 16.8 Å². The van der Waals surface area contributed by atoms with Gasteiger partial charge in [0.2, 0.25) is 0 Å². The summed E-state index contributed by atoms with van der Waals surface area (Å²) >= 11 is 3.49. The lowest BCUT2D eigenvalue weighted by atomic mass is 9.67. The van der Waals surface area contributed by atoms with Gasteiger partial charge in [-0.05, 0) is 73.8 Å². The highest BCUT2D eigenvalue weighted by Gasteiger charge is 2.32. The lowest BCUT2D eigenvalue weighted by molar-refractivity contribution is -0.119. The van der Waals surface area contributed by atoms with Crippen molar-refractivity contribution < 1.29 is 9.59 Å². The summed E-state index contributed by atoms with van der Waals surface area (Å²) in [5.74, 6) is 0.930. The number of ketones is 2. The van der Waals surface area contributed by atoms with Gasteiger partial charge in [0.25, 0.3) is 0 Å². The number of hydrogen-bond acceptors (Lipinski definition) is 2. The van der Waals surface area contributed by atoms with Gasteiger partial charge in [0.05, 0.1) is 6.54 Å². The van der Waals surface area contributed by atoms with Crippen LogP contribution in [0.1, 0.15) is 58.3 Å². The van der Waals surface area contributed by atoms with Crippen LogP contribution in [0, 0.1) is 11.3 Å². The minimum absolute atomic E-state index is 0.162. The van der Waals surface area contributed by atoms with Crippen molar-refractivity contribution in [3.8, 4) is 0 Å². The van der Waals surface area contributed by atoms with Crippen molar-refractivity contribution in [3.05, 3.63) is 47.6 Å². The Morgan fingerprint density at radius 1 is 1.36 bits per heavy atom. The molecule has 1 fully saturated rings. The van der Waals surface area contributed by atoms with Crippen molar-refractivity contribution in [1.29, 1.82) is 0 Å². The maximum atomic E-state index is 12.5. The van der Waals surface area contributed by atoms with Gasteiger partial charge in [-0.25, -0.2) is 0 Å². The average molecular weight is 444 g/mol. The number of carbonyl (C=O) groups excluding carboxylic acids is 2. The van der Waals surface area contributed by atoms with Crippen LogP contribution in [0.15, 0.2) is 47.6 Å². The van der Waals surface area contributed by atoms with Crippen LogP contribution < -0.4 is 0 Å². The summed E-state index contributed by atoms with van der Waals surface area (Å²) < 4.78 is 3.10. The molecule has 1 aromatic heterocycles. The Morgan fingerprint density at radius 2 is 2.18 bits per heavy atom. The molecule has 0 radical (unpaired) electrons. The van der Waals surface area contributed by atoms with E-state index in [4.69, 9.17) is 0 Å². The van der Waals surface area contributed by atoms with Crippen LogP contribution in [0.4, 0.5) is 0 Å². The first-order chi connectivity index (χ1) is 13.4.